The van der Waals surface area contributed by atoms with Crippen LogP contribution in [0, 0.1) is 19.8 Å². The Labute approximate surface area is 145 Å². The van der Waals surface area contributed by atoms with E-state index in [4.69, 9.17) is 0 Å². The van der Waals surface area contributed by atoms with Crippen molar-refractivity contribution in [2.45, 2.75) is 25.2 Å². The minimum absolute atomic E-state index is 0.175. The van der Waals surface area contributed by atoms with Crippen LogP contribution < -0.4 is 5.56 Å². The molecule has 3 rings (SSSR count). The highest BCUT2D eigenvalue weighted by molar-refractivity contribution is 7.99. The summed E-state index contributed by atoms with van der Waals surface area (Å²) in [5.41, 5.74) is 1.20. The molecule has 0 bridgehead atoms. The molecule has 1 aliphatic heterocycles. The third-order valence-corrected chi connectivity index (χ3v) is 5.73. The Hall–Kier alpha value is -2.08. The summed E-state index contributed by atoms with van der Waals surface area (Å²) in [5.74, 6) is 1.27. The molecule has 0 saturated carbocycles. The first-order valence-corrected chi connectivity index (χ1v) is 9.08. The minimum Gasteiger partial charge on any atom is -0.338 e. The number of carbonyl (C=O) groups is 1. The highest BCUT2D eigenvalue weighted by atomic mass is 32.2. The van der Waals surface area contributed by atoms with Gasteiger partial charge in [-0.3, -0.25) is 9.59 Å². The zero-order valence-electron chi connectivity index (χ0n) is 13.9. The summed E-state index contributed by atoms with van der Waals surface area (Å²) >= 11 is 1.82. The van der Waals surface area contributed by atoms with E-state index in [-0.39, 0.29) is 11.5 Å². The van der Waals surface area contributed by atoms with Gasteiger partial charge in [0.1, 0.15) is 5.56 Å². The van der Waals surface area contributed by atoms with E-state index < -0.39 is 5.56 Å². The van der Waals surface area contributed by atoms with Gasteiger partial charge in [-0.15, -0.1) is 11.8 Å². The van der Waals surface area contributed by atoms with Crippen LogP contribution >= 0.6 is 11.8 Å². The van der Waals surface area contributed by atoms with Gasteiger partial charge in [0.15, 0.2) is 0 Å². The molecule has 1 aromatic heterocycles. The van der Waals surface area contributed by atoms with Gasteiger partial charge in [0, 0.05) is 23.7 Å². The third kappa shape index (κ3) is 3.53. The number of aryl methyl sites for hydroxylation is 1. The first-order chi connectivity index (χ1) is 11.6. The van der Waals surface area contributed by atoms with E-state index in [1.807, 2.05) is 30.0 Å². The Kier molecular flexibility index (Phi) is 5.04. The lowest BCUT2D eigenvalue weighted by Gasteiger charge is -2.17. The number of rotatable bonds is 4. The van der Waals surface area contributed by atoms with Crippen LogP contribution in [0.5, 0.6) is 0 Å². The number of carbonyl (C=O) groups excluding carboxylic acids is 1. The van der Waals surface area contributed by atoms with Gasteiger partial charge in [0.25, 0.3) is 11.5 Å². The first kappa shape index (κ1) is 16.8. The molecule has 2 aromatic rings. The van der Waals surface area contributed by atoms with Gasteiger partial charge in [0.05, 0.1) is 5.69 Å². The fraction of sp³-hybridized carbons (Fsp3) is 0.389. The lowest BCUT2D eigenvalue weighted by Crippen LogP contribution is -2.35. The molecule has 1 N–H and O–H groups in total. The summed E-state index contributed by atoms with van der Waals surface area (Å²) in [5, 5.41) is 6.33. The molecule has 0 aliphatic carbocycles. The zero-order chi connectivity index (χ0) is 17.1. The van der Waals surface area contributed by atoms with E-state index >= 15 is 0 Å². The van der Waals surface area contributed by atoms with Crippen molar-refractivity contribution < 1.29 is 4.79 Å². The predicted molar refractivity (Wildman–Crippen MR) is 95.5 cm³/mol. The summed E-state index contributed by atoms with van der Waals surface area (Å²) in [7, 11) is 0. The van der Waals surface area contributed by atoms with Gasteiger partial charge in [-0.25, -0.2) is 5.10 Å². The van der Waals surface area contributed by atoms with Crippen LogP contribution in [0.1, 0.15) is 28.0 Å². The van der Waals surface area contributed by atoms with Crippen molar-refractivity contribution in [3.05, 3.63) is 57.5 Å². The van der Waals surface area contributed by atoms with Gasteiger partial charge >= 0.3 is 0 Å². The molecule has 1 atom stereocenters. The van der Waals surface area contributed by atoms with Crippen LogP contribution in [0.3, 0.4) is 0 Å². The zero-order valence-corrected chi connectivity index (χ0v) is 14.7. The van der Waals surface area contributed by atoms with Crippen molar-refractivity contribution in [1.82, 2.24) is 15.1 Å². The molecule has 1 aromatic carbocycles. The van der Waals surface area contributed by atoms with Gasteiger partial charge < -0.3 is 4.90 Å². The molecular formula is C18H21N3O2S. The van der Waals surface area contributed by atoms with E-state index in [1.165, 1.54) is 4.90 Å². The van der Waals surface area contributed by atoms with Crippen LogP contribution in [0.4, 0.5) is 0 Å². The second-order valence-electron chi connectivity index (χ2n) is 6.17. The van der Waals surface area contributed by atoms with Crippen molar-refractivity contribution in [1.29, 1.82) is 0 Å². The second kappa shape index (κ2) is 7.21. The van der Waals surface area contributed by atoms with Crippen LogP contribution in [0.25, 0.3) is 0 Å². The molecule has 6 heteroatoms. The average molecular weight is 343 g/mol. The highest BCUT2D eigenvalue weighted by Gasteiger charge is 2.29. The molecular weight excluding hydrogens is 322 g/mol. The number of hydrogen-bond acceptors (Lipinski definition) is 4. The lowest BCUT2D eigenvalue weighted by molar-refractivity contribution is 0.0785. The summed E-state index contributed by atoms with van der Waals surface area (Å²) < 4.78 is 0. The molecule has 1 aliphatic rings. The smallest absolute Gasteiger partial charge is 0.277 e. The Bertz CT molecular complexity index is 789. The number of thioether (sulfide) groups is 1. The topological polar surface area (TPSA) is 66.1 Å². The van der Waals surface area contributed by atoms with Gasteiger partial charge in [-0.05, 0) is 43.9 Å². The van der Waals surface area contributed by atoms with E-state index in [0.717, 1.165) is 12.2 Å². The van der Waals surface area contributed by atoms with Crippen molar-refractivity contribution in [2.75, 3.05) is 18.8 Å². The summed E-state index contributed by atoms with van der Waals surface area (Å²) in [4.78, 5) is 27.8. The molecule has 1 saturated heterocycles. The average Bonchev–Trinajstić information content (AvgIpc) is 3.06. The Balaban J connectivity index is 1.64. The molecule has 126 valence electrons. The number of amides is 1. The van der Waals surface area contributed by atoms with E-state index in [2.05, 4.69) is 22.3 Å². The molecule has 1 fully saturated rings. The third-order valence-electron chi connectivity index (χ3n) is 4.49. The maximum absolute atomic E-state index is 12.7. The van der Waals surface area contributed by atoms with Crippen molar-refractivity contribution >= 4 is 17.7 Å². The normalized spacial score (nSPS) is 17.2. The van der Waals surface area contributed by atoms with Crippen LogP contribution in [-0.4, -0.2) is 39.8 Å². The van der Waals surface area contributed by atoms with Gasteiger partial charge in [-0.2, -0.15) is 5.10 Å². The van der Waals surface area contributed by atoms with Crippen LogP contribution in [0.2, 0.25) is 0 Å². The van der Waals surface area contributed by atoms with E-state index in [0.29, 0.717) is 30.3 Å². The fourth-order valence-electron chi connectivity index (χ4n) is 2.93. The van der Waals surface area contributed by atoms with Crippen LogP contribution in [-0.2, 0) is 0 Å². The van der Waals surface area contributed by atoms with E-state index in [9.17, 15) is 9.59 Å². The second-order valence-corrected chi connectivity index (χ2v) is 7.26. The van der Waals surface area contributed by atoms with Crippen molar-refractivity contribution in [3.8, 4) is 0 Å². The highest BCUT2D eigenvalue weighted by Crippen LogP contribution is 2.26. The number of aromatic amines is 1. The number of hydrogen-bond donors (Lipinski definition) is 1. The number of aromatic nitrogens is 2. The Morgan fingerprint density at radius 2 is 2.08 bits per heavy atom. The molecule has 5 nitrogen and oxygen atoms in total. The Morgan fingerprint density at radius 1 is 1.33 bits per heavy atom. The summed E-state index contributed by atoms with van der Waals surface area (Å²) in [6.45, 7) is 4.99. The number of nitrogens with one attached hydrogen (secondary N) is 1. The molecule has 24 heavy (non-hydrogen) atoms. The lowest BCUT2D eigenvalue weighted by atomic mass is 10.1. The summed E-state index contributed by atoms with van der Waals surface area (Å²) in [6, 6.07) is 10.3. The number of likely N-dealkylation sites (tertiary alicyclic amines) is 1. The van der Waals surface area contributed by atoms with E-state index in [1.54, 1.807) is 18.7 Å². The van der Waals surface area contributed by atoms with Crippen LogP contribution in [0.15, 0.2) is 40.0 Å². The quantitative estimate of drug-likeness (QED) is 0.867. The Morgan fingerprint density at radius 3 is 2.83 bits per heavy atom. The van der Waals surface area contributed by atoms with Gasteiger partial charge in [0.2, 0.25) is 0 Å². The first-order valence-electron chi connectivity index (χ1n) is 8.09. The van der Waals surface area contributed by atoms with Crippen molar-refractivity contribution in [2.24, 2.45) is 5.92 Å². The molecule has 0 unspecified atom stereocenters. The number of H-pyrrole nitrogens is 1. The maximum Gasteiger partial charge on any atom is 0.277 e. The minimum atomic E-state index is -0.398. The fourth-order valence-corrected chi connectivity index (χ4v) is 3.97. The van der Waals surface area contributed by atoms with Gasteiger partial charge in [-0.1, -0.05) is 18.2 Å². The predicted octanol–water partition coefficient (Wildman–Crippen LogP) is 2.64. The molecule has 0 spiro atoms. The number of nitrogens with zero attached hydrogens (tertiary/aromatic N) is 2. The molecule has 2 heterocycles. The molecule has 0 radical (unpaired) electrons. The standard InChI is InChI=1S/C18H21N3O2S/c1-12-13(2)19-20-17(22)16(12)18(23)21-9-8-14(10-21)11-24-15-6-4-3-5-7-15/h3-7,14H,8-11H2,1-2H3,(H,20,22)/t14-/m0/s1. The number of benzene rings is 1. The SMILES string of the molecule is Cc1n[nH]c(=O)c(C(=O)N2CC[C@H](CSc3ccccc3)C2)c1C. The largest absolute Gasteiger partial charge is 0.338 e. The summed E-state index contributed by atoms with van der Waals surface area (Å²) in [6.07, 6.45) is 0.979. The maximum atomic E-state index is 12.7. The monoisotopic (exact) mass is 343 g/mol. The molecule has 1 amide bonds. The van der Waals surface area contributed by atoms with Crippen molar-refractivity contribution in [3.63, 3.8) is 0 Å².